The van der Waals surface area contributed by atoms with E-state index in [1.54, 1.807) is 0 Å². The van der Waals surface area contributed by atoms with E-state index in [4.69, 9.17) is 4.74 Å². The molecule has 2 saturated heterocycles. The summed E-state index contributed by atoms with van der Waals surface area (Å²) in [5, 5.41) is 3.07. The molecular formula is C19H29N3O2. The maximum absolute atomic E-state index is 12.6. The summed E-state index contributed by atoms with van der Waals surface area (Å²) in [4.78, 5) is 16.8. The number of carbonyl (C=O) groups is 1. The third-order valence-corrected chi connectivity index (χ3v) is 5.56. The first-order chi connectivity index (χ1) is 11.5. The number of nitrogens with one attached hydrogen (secondary N) is 1. The fourth-order valence-corrected chi connectivity index (χ4v) is 3.62. The second kappa shape index (κ2) is 7.01. The minimum Gasteiger partial charge on any atom is -0.381 e. The van der Waals surface area contributed by atoms with Gasteiger partial charge in [0.15, 0.2) is 0 Å². The Balaban J connectivity index is 1.62. The van der Waals surface area contributed by atoms with Gasteiger partial charge in [0.2, 0.25) is 0 Å². The number of benzene rings is 1. The SMILES string of the molecule is CC(C)N(C)c1cccc(NC(=O)N2CCC3(CCOCC3)C2)c1. The van der Waals surface area contributed by atoms with E-state index in [2.05, 4.69) is 37.2 Å². The molecule has 0 aromatic heterocycles. The number of likely N-dealkylation sites (tertiary alicyclic amines) is 1. The highest BCUT2D eigenvalue weighted by Gasteiger charge is 2.40. The Bertz CT molecular complexity index is 582. The number of urea groups is 1. The van der Waals surface area contributed by atoms with Crippen LogP contribution in [-0.4, -0.2) is 50.3 Å². The fourth-order valence-electron chi connectivity index (χ4n) is 3.62. The zero-order valence-electron chi connectivity index (χ0n) is 15.0. The summed E-state index contributed by atoms with van der Waals surface area (Å²) in [6, 6.07) is 8.50. The van der Waals surface area contributed by atoms with E-state index in [1.807, 2.05) is 23.1 Å². The number of hydrogen-bond acceptors (Lipinski definition) is 3. The van der Waals surface area contributed by atoms with Crippen molar-refractivity contribution in [1.29, 1.82) is 0 Å². The summed E-state index contributed by atoms with van der Waals surface area (Å²) in [5.74, 6) is 0. The number of rotatable bonds is 3. The predicted molar refractivity (Wildman–Crippen MR) is 97.7 cm³/mol. The minimum absolute atomic E-state index is 0.0164. The topological polar surface area (TPSA) is 44.8 Å². The van der Waals surface area contributed by atoms with Gasteiger partial charge in [-0.25, -0.2) is 4.79 Å². The zero-order valence-corrected chi connectivity index (χ0v) is 15.0. The quantitative estimate of drug-likeness (QED) is 0.921. The standard InChI is InChI=1S/C19H29N3O2/c1-15(2)21(3)17-6-4-5-16(13-17)20-18(23)22-10-7-19(14-22)8-11-24-12-9-19/h4-6,13,15H,7-12,14H2,1-3H3,(H,20,23). The number of amides is 2. The van der Waals surface area contributed by atoms with Gasteiger partial charge in [0.1, 0.15) is 0 Å². The molecule has 0 saturated carbocycles. The van der Waals surface area contributed by atoms with Crippen LogP contribution in [0.15, 0.2) is 24.3 Å². The van der Waals surface area contributed by atoms with Crippen LogP contribution in [0.2, 0.25) is 0 Å². The Labute approximate surface area is 145 Å². The first-order valence-electron chi connectivity index (χ1n) is 8.96. The van der Waals surface area contributed by atoms with Crippen molar-refractivity contribution in [2.24, 2.45) is 5.41 Å². The Morgan fingerprint density at radius 3 is 2.75 bits per heavy atom. The van der Waals surface area contributed by atoms with Crippen LogP contribution >= 0.6 is 0 Å². The Kier molecular flexibility index (Phi) is 4.99. The molecule has 2 heterocycles. The molecule has 1 aromatic rings. The molecule has 0 atom stereocenters. The molecule has 0 radical (unpaired) electrons. The summed E-state index contributed by atoms with van der Waals surface area (Å²) in [6.07, 6.45) is 3.25. The van der Waals surface area contributed by atoms with E-state index in [-0.39, 0.29) is 11.4 Å². The fraction of sp³-hybridized carbons (Fsp3) is 0.632. The highest BCUT2D eigenvalue weighted by molar-refractivity contribution is 5.90. The van der Waals surface area contributed by atoms with Gasteiger partial charge in [-0.2, -0.15) is 0 Å². The Hall–Kier alpha value is -1.75. The van der Waals surface area contributed by atoms with Gasteiger partial charge in [-0.15, -0.1) is 0 Å². The van der Waals surface area contributed by atoms with Crippen molar-refractivity contribution in [3.63, 3.8) is 0 Å². The summed E-state index contributed by atoms with van der Waals surface area (Å²) < 4.78 is 5.48. The number of carbonyl (C=O) groups excluding carboxylic acids is 1. The minimum atomic E-state index is 0.0164. The highest BCUT2D eigenvalue weighted by Crippen LogP contribution is 2.39. The van der Waals surface area contributed by atoms with Crippen molar-refractivity contribution in [2.45, 2.75) is 39.2 Å². The van der Waals surface area contributed by atoms with Crippen LogP contribution < -0.4 is 10.2 Å². The van der Waals surface area contributed by atoms with Crippen LogP contribution in [0.1, 0.15) is 33.1 Å². The molecule has 0 aliphatic carbocycles. The number of nitrogens with zero attached hydrogens (tertiary/aromatic N) is 2. The lowest BCUT2D eigenvalue weighted by Crippen LogP contribution is -2.37. The summed E-state index contributed by atoms with van der Waals surface area (Å²) in [6.45, 7) is 7.68. The average Bonchev–Trinajstić information content (AvgIpc) is 2.98. The summed E-state index contributed by atoms with van der Waals surface area (Å²) in [7, 11) is 2.07. The van der Waals surface area contributed by atoms with E-state index in [1.165, 1.54) is 0 Å². The van der Waals surface area contributed by atoms with Crippen molar-refractivity contribution in [1.82, 2.24) is 4.90 Å². The van der Waals surface area contributed by atoms with E-state index in [0.29, 0.717) is 6.04 Å². The monoisotopic (exact) mass is 331 g/mol. The number of anilines is 2. The van der Waals surface area contributed by atoms with Gasteiger partial charge >= 0.3 is 6.03 Å². The lowest BCUT2D eigenvalue weighted by Gasteiger charge is -2.33. The van der Waals surface area contributed by atoms with Crippen LogP contribution in [-0.2, 0) is 4.74 Å². The molecule has 2 amide bonds. The van der Waals surface area contributed by atoms with Gasteiger partial charge in [-0.1, -0.05) is 6.07 Å². The molecule has 2 aliphatic rings. The molecule has 1 aromatic carbocycles. The van der Waals surface area contributed by atoms with Crippen molar-refractivity contribution < 1.29 is 9.53 Å². The van der Waals surface area contributed by atoms with Crippen molar-refractivity contribution >= 4 is 17.4 Å². The molecule has 1 N–H and O–H groups in total. The van der Waals surface area contributed by atoms with E-state index in [9.17, 15) is 4.79 Å². The van der Waals surface area contributed by atoms with E-state index in [0.717, 1.165) is 56.9 Å². The lowest BCUT2D eigenvalue weighted by atomic mass is 9.80. The largest absolute Gasteiger partial charge is 0.381 e. The molecule has 1 spiro atoms. The van der Waals surface area contributed by atoms with E-state index >= 15 is 0 Å². The average molecular weight is 331 g/mol. The molecule has 24 heavy (non-hydrogen) atoms. The first-order valence-corrected chi connectivity index (χ1v) is 8.96. The van der Waals surface area contributed by atoms with Crippen molar-refractivity contribution in [3.05, 3.63) is 24.3 Å². The summed E-state index contributed by atoms with van der Waals surface area (Å²) in [5.41, 5.74) is 2.26. The predicted octanol–water partition coefficient (Wildman–Crippen LogP) is 3.57. The molecule has 2 aliphatic heterocycles. The van der Waals surface area contributed by atoms with Crippen LogP contribution in [0, 0.1) is 5.41 Å². The summed E-state index contributed by atoms with van der Waals surface area (Å²) >= 11 is 0. The van der Waals surface area contributed by atoms with Crippen LogP contribution in [0.4, 0.5) is 16.2 Å². The number of ether oxygens (including phenoxy) is 1. The highest BCUT2D eigenvalue weighted by atomic mass is 16.5. The smallest absolute Gasteiger partial charge is 0.321 e. The van der Waals surface area contributed by atoms with Gasteiger partial charge in [-0.3, -0.25) is 0 Å². The molecule has 2 fully saturated rings. The van der Waals surface area contributed by atoms with Gasteiger partial charge in [0.25, 0.3) is 0 Å². The lowest BCUT2D eigenvalue weighted by molar-refractivity contribution is 0.0211. The van der Waals surface area contributed by atoms with Gasteiger partial charge < -0.3 is 19.9 Å². The van der Waals surface area contributed by atoms with Gasteiger partial charge in [-0.05, 0) is 56.7 Å². The normalized spacial score (nSPS) is 19.8. The molecule has 3 rings (SSSR count). The van der Waals surface area contributed by atoms with Gasteiger partial charge in [0, 0.05) is 50.8 Å². The maximum Gasteiger partial charge on any atom is 0.321 e. The molecular weight excluding hydrogens is 302 g/mol. The van der Waals surface area contributed by atoms with Crippen LogP contribution in [0.25, 0.3) is 0 Å². The Morgan fingerprint density at radius 1 is 1.29 bits per heavy atom. The van der Waals surface area contributed by atoms with Crippen molar-refractivity contribution in [2.75, 3.05) is 43.6 Å². The van der Waals surface area contributed by atoms with Crippen LogP contribution in [0.3, 0.4) is 0 Å². The van der Waals surface area contributed by atoms with Gasteiger partial charge in [0.05, 0.1) is 0 Å². The second-order valence-electron chi connectivity index (χ2n) is 7.47. The molecule has 0 unspecified atom stereocenters. The third kappa shape index (κ3) is 3.66. The first kappa shape index (κ1) is 17.1. The zero-order chi connectivity index (χ0) is 17.2. The second-order valence-corrected chi connectivity index (χ2v) is 7.47. The molecule has 0 bridgehead atoms. The number of hydrogen-bond donors (Lipinski definition) is 1. The third-order valence-electron chi connectivity index (χ3n) is 5.56. The van der Waals surface area contributed by atoms with E-state index < -0.39 is 0 Å². The maximum atomic E-state index is 12.6. The van der Waals surface area contributed by atoms with Crippen LogP contribution in [0.5, 0.6) is 0 Å². The molecule has 5 nitrogen and oxygen atoms in total. The van der Waals surface area contributed by atoms with Crippen molar-refractivity contribution in [3.8, 4) is 0 Å². The molecule has 5 heteroatoms. The molecule has 132 valence electrons. The Morgan fingerprint density at radius 2 is 2.04 bits per heavy atom.